The molecule has 1 aromatic carbocycles. The molecule has 1 amide bonds. The third kappa shape index (κ3) is 4.34. The van der Waals surface area contributed by atoms with Crippen molar-refractivity contribution in [3.05, 3.63) is 24.3 Å². The third-order valence-corrected chi connectivity index (χ3v) is 6.12. The van der Waals surface area contributed by atoms with Crippen LogP contribution in [0.5, 0.6) is 0 Å². The van der Waals surface area contributed by atoms with Gasteiger partial charge in [-0.05, 0) is 49.9 Å². The van der Waals surface area contributed by atoms with E-state index in [4.69, 9.17) is 4.74 Å². The van der Waals surface area contributed by atoms with Gasteiger partial charge in [0.2, 0.25) is 10.0 Å². The Morgan fingerprint density at radius 3 is 2.33 bits per heavy atom. The van der Waals surface area contributed by atoms with Crippen LogP contribution in [-0.2, 0) is 19.6 Å². The van der Waals surface area contributed by atoms with Crippen molar-refractivity contribution in [3.63, 3.8) is 0 Å². The summed E-state index contributed by atoms with van der Waals surface area (Å²) in [6, 6.07) is 6.31. The molecule has 1 heterocycles. The molecule has 2 N–H and O–H groups in total. The number of carbonyl (C=O) groups excluding carboxylic acids is 1. The Hall–Kier alpha value is -1.44. The van der Waals surface area contributed by atoms with Gasteiger partial charge in [-0.15, -0.1) is 0 Å². The first-order valence-corrected chi connectivity index (χ1v) is 10.1. The van der Waals surface area contributed by atoms with Gasteiger partial charge in [0.15, 0.2) is 0 Å². The van der Waals surface area contributed by atoms with Gasteiger partial charge in [-0.3, -0.25) is 4.79 Å². The van der Waals surface area contributed by atoms with Gasteiger partial charge in [0.05, 0.1) is 4.90 Å². The number of ether oxygens (including phenoxy) is 1. The molecule has 2 fully saturated rings. The molecular weight excluding hydrogens is 328 g/mol. The summed E-state index contributed by atoms with van der Waals surface area (Å²) in [5.74, 6) is -0.177. The van der Waals surface area contributed by atoms with Crippen LogP contribution < -0.4 is 10.0 Å². The summed E-state index contributed by atoms with van der Waals surface area (Å²) >= 11 is 0. The summed E-state index contributed by atoms with van der Waals surface area (Å²) < 4.78 is 33.0. The van der Waals surface area contributed by atoms with E-state index in [-0.39, 0.29) is 16.8 Å². The second kappa shape index (κ2) is 7.63. The first-order valence-electron chi connectivity index (χ1n) is 8.59. The van der Waals surface area contributed by atoms with E-state index in [0.717, 1.165) is 38.5 Å². The van der Waals surface area contributed by atoms with Gasteiger partial charge in [-0.25, -0.2) is 13.1 Å². The van der Waals surface area contributed by atoms with Crippen LogP contribution in [0.3, 0.4) is 0 Å². The lowest BCUT2D eigenvalue weighted by molar-refractivity contribution is -0.124. The molecule has 1 aliphatic heterocycles. The molecular formula is C17H24N2O4S. The Balaban J connectivity index is 1.61. The largest absolute Gasteiger partial charge is 0.368 e. The zero-order valence-electron chi connectivity index (χ0n) is 13.7. The molecule has 2 aliphatic rings. The number of rotatable bonds is 5. The second-order valence-electron chi connectivity index (χ2n) is 6.47. The lowest BCUT2D eigenvalue weighted by atomic mass is 9.96. The van der Waals surface area contributed by atoms with Crippen LogP contribution in [0.25, 0.3) is 0 Å². The van der Waals surface area contributed by atoms with Crippen LogP contribution in [-0.4, -0.2) is 33.1 Å². The standard InChI is InChI=1S/C17H24N2O4S/c20-17(16-7-4-12-23-16)18-13-8-10-15(11-9-13)24(21,22)19-14-5-2-1-3-6-14/h8-11,14,16,19H,1-7,12H2,(H,18,20)/t16-/m0/s1. The number of carbonyl (C=O) groups is 1. The van der Waals surface area contributed by atoms with Crippen molar-refractivity contribution in [3.8, 4) is 0 Å². The van der Waals surface area contributed by atoms with Crippen LogP contribution in [0.15, 0.2) is 29.2 Å². The Morgan fingerprint density at radius 1 is 1.00 bits per heavy atom. The van der Waals surface area contributed by atoms with Crippen molar-refractivity contribution in [1.29, 1.82) is 0 Å². The summed E-state index contributed by atoms with van der Waals surface area (Å²) in [4.78, 5) is 12.2. The molecule has 0 radical (unpaired) electrons. The molecule has 1 aromatic rings. The van der Waals surface area contributed by atoms with E-state index < -0.39 is 16.1 Å². The van der Waals surface area contributed by atoms with E-state index in [1.54, 1.807) is 12.1 Å². The maximum atomic E-state index is 12.4. The highest BCUT2D eigenvalue weighted by molar-refractivity contribution is 7.89. The lowest BCUT2D eigenvalue weighted by Gasteiger charge is -2.22. The highest BCUT2D eigenvalue weighted by Gasteiger charge is 2.24. The minimum atomic E-state index is -3.51. The van der Waals surface area contributed by atoms with Gasteiger partial charge >= 0.3 is 0 Å². The monoisotopic (exact) mass is 352 g/mol. The zero-order valence-corrected chi connectivity index (χ0v) is 14.5. The number of benzene rings is 1. The molecule has 0 spiro atoms. The van der Waals surface area contributed by atoms with E-state index >= 15 is 0 Å². The van der Waals surface area contributed by atoms with Crippen LogP contribution >= 0.6 is 0 Å². The molecule has 0 unspecified atom stereocenters. The van der Waals surface area contributed by atoms with Crippen molar-refractivity contribution in [2.75, 3.05) is 11.9 Å². The number of amides is 1. The fraction of sp³-hybridized carbons (Fsp3) is 0.588. The summed E-state index contributed by atoms with van der Waals surface area (Å²) in [7, 11) is -3.51. The van der Waals surface area contributed by atoms with Gasteiger partial charge in [-0.1, -0.05) is 19.3 Å². The predicted molar refractivity (Wildman–Crippen MR) is 91.2 cm³/mol. The molecule has 1 saturated carbocycles. The van der Waals surface area contributed by atoms with Crippen molar-refractivity contribution in [2.45, 2.75) is 62.0 Å². The molecule has 1 aliphatic carbocycles. The number of sulfonamides is 1. The number of hydrogen-bond acceptors (Lipinski definition) is 4. The molecule has 1 atom stereocenters. The average Bonchev–Trinajstić information content (AvgIpc) is 3.10. The molecule has 6 nitrogen and oxygen atoms in total. The van der Waals surface area contributed by atoms with E-state index in [1.807, 2.05) is 0 Å². The van der Waals surface area contributed by atoms with Crippen LogP contribution in [0, 0.1) is 0 Å². The van der Waals surface area contributed by atoms with Crippen molar-refractivity contribution in [2.24, 2.45) is 0 Å². The van der Waals surface area contributed by atoms with Gasteiger partial charge in [-0.2, -0.15) is 0 Å². The Kier molecular flexibility index (Phi) is 5.53. The van der Waals surface area contributed by atoms with Gasteiger partial charge < -0.3 is 10.1 Å². The molecule has 7 heteroatoms. The fourth-order valence-electron chi connectivity index (χ4n) is 3.23. The summed E-state index contributed by atoms with van der Waals surface area (Å²) in [6.07, 6.45) is 6.33. The molecule has 0 aromatic heterocycles. The number of anilines is 1. The maximum absolute atomic E-state index is 12.4. The van der Waals surface area contributed by atoms with E-state index in [2.05, 4.69) is 10.0 Å². The lowest BCUT2D eigenvalue weighted by Crippen LogP contribution is -2.36. The van der Waals surface area contributed by atoms with Crippen molar-refractivity contribution < 1.29 is 17.9 Å². The first-order chi connectivity index (χ1) is 11.5. The molecule has 0 bridgehead atoms. The molecule has 132 valence electrons. The van der Waals surface area contributed by atoms with Crippen molar-refractivity contribution >= 4 is 21.6 Å². The van der Waals surface area contributed by atoms with E-state index in [9.17, 15) is 13.2 Å². The topological polar surface area (TPSA) is 84.5 Å². The van der Waals surface area contributed by atoms with Crippen LogP contribution in [0.2, 0.25) is 0 Å². The maximum Gasteiger partial charge on any atom is 0.253 e. The highest BCUT2D eigenvalue weighted by Crippen LogP contribution is 2.21. The number of hydrogen-bond donors (Lipinski definition) is 2. The first kappa shape index (κ1) is 17.4. The van der Waals surface area contributed by atoms with E-state index in [0.29, 0.717) is 12.3 Å². The smallest absolute Gasteiger partial charge is 0.253 e. The summed E-state index contributed by atoms with van der Waals surface area (Å²) in [5.41, 5.74) is 0.576. The minimum absolute atomic E-state index is 0.0302. The highest BCUT2D eigenvalue weighted by atomic mass is 32.2. The quantitative estimate of drug-likeness (QED) is 0.852. The predicted octanol–water partition coefficient (Wildman–Crippen LogP) is 2.42. The second-order valence-corrected chi connectivity index (χ2v) is 8.19. The summed E-state index contributed by atoms with van der Waals surface area (Å²) in [6.45, 7) is 0.613. The molecule has 24 heavy (non-hydrogen) atoms. The van der Waals surface area contributed by atoms with Gasteiger partial charge in [0.25, 0.3) is 5.91 Å². The summed E-state index contributed by atoms with van der Waals surface area (Å²) in [5, 5.41) is 2.76. The Bertz CT molecular complexity index is 660. The van der Waals surface area contributed by atoms with Crippen molar-refractivity contribution in [1.82, 2.24) is 4.72 Å². The minimum Gasteiger partial charge on any atom is -0.368 e. The van der Waals surface area contributed by atoms with Crippen LogP contribution in [0.4, 0.5) is 5.69 Å². The zero-order chi connectivity index (χ0) is 17.0. The average molecular weight is 352 g/mol. The fourth-order valence-corrected chi connectivity index (χ4v) is 4.54. The van der Waals surface area contributed by atoms with Gasteiger partial charge in [0.1, 0.15) is 6.10 Å². The Labute approximate surface area is 143 Å². The van der Waals surface area contributed by atoms with E-state index in [1.165, 1.54) is 18.6 Å². The molecule has 3 rings (SSSR count). The third-order valence-electron chi connectivity index (χ3n) is 4.58. The normalized spacial score (nSPS) is 22.4. The Morgan fingerprint density at radius 2 is 1.71 bits per heavy atom. The van der Waals surface area contributed by atoms with Crippen LogP contribution in [0.1, 0.15) is 44.9 Å². The van der Waals surface area contributed by atoms with Gasteiger partial charge in [0, 0.05) is 18.3 Å². The molecule has 1 saturated heterocycles. The SMILES string of the molecule is O=C(Nc1ccc(S(=O)(=O)NC2CCCCC2)cc1)[C@@H]1CCCO1. The number of nitrogens with one attached hydrogen (secondary N) is 2.